The van der Waals surface area contributed by atoms with E-state index in [0.717, 1.165) is 39.9 Å². The van der Waals surface area contributed by atoms with Gasteiger partial charge in [-0.1, -0.05) is 48.5 Å². The number of carbonyl (C=O) groups is 1. The molecule has 1 aliphatic heterocycles. The topological polar surface area (TPSA) is 93.7 Å². The van der Waals surface area contributed by atoms with Crippen molar-refractivity contribution in [1.29, 1.82) is 0 Å². The molecule has 0 aliphatic carbocycles. The van der Waals surface area contributed by atoms with Crippen LogP contribution in [-0.2, 0) is 31.5 Å². The second-order valence-corrected chi connectivity index (χ2v) is 10.6. The normalized spacial score (nSPS) is 15.4. The van der Waals surface area contributed by atoms with E-state index in [9.17, 15) is 13.2 Å². The quantitative estimate of drug-likeness (QED) is 0.492. The molecule has 0 bridgehead atoms. The largest absolute Gasteiger partial charge is 0.497 e. The third-order valence-corrected chi connectivity index (χ3v) is 7.04. The van der Waals surface area contributed by atoms with Gasteiger partial charge < -0.3 is 14.8 Å². The fourth-order valence-corrected chi connectivity index (χ4v) is 4.76. The molecule has 0 unspecified atom stereocenters. The van der Waals surface area contributed by atoms with E-state index in [0.29, 0.717) is 26.1 Å². The Balaban J connectivity index is 1.53. The Morgan fingerprint density at radius 2 is 1.66 bits per heavy atom. The number of methoxy groups -OCH3 is 1. The van der Waals surface area contributed by atoms with Gasteiger partial charge in [-0.2, -0.15) is 0 Å². The zero-order valence-corrected chi connectivity index (χ0v) is 20.7. The van der Waals surface area contributed by atoms with E-state index in [1.807, 2.05) is 72.8 Å². The molecule has 4 rings (SSSR count). The molecular weight excluding hydrogens is 464 g/mol. The summed E-state index contributed by atoms with van der Waals surface area (Å²) in [6, 6.07) is 23.1. The van der Waals surface area contributed by atoms with E-state index in [-0.39, 0.29) is 12.5 Å². The summed E-state index contributed by atoms with van der Waals surface area (Å²) in [5, 5.41) is 3.14. The molecule has 3 aromatic rings. The van der Waals surface area contributed by atoms with Crippen molar-refractivity contribution < 1.29 is 22.7 Å². The van der Waals surface area contributed by atoms with Crippen molar-refractivity contribution in [3.8, 4) is 16.9 Å². The summed E-state index contributed by atoms with van der Waals surface area (Å²) >= 11 is 0. The second kappa shape index (κ2) is 10.6. The van der Waals surface area contributed by atoms with Crippen molar-refractivity contribution >= 4 is 21.6 Å². The van der Waals surface area contributed by atoms with Gasteiger partial charge in [0, 0.05) is 25.4 Å². The minimum absolute atomic E-state index is 0.0506. The zero-order valence-electron chi connectivity index (χ0n) is 19.9. The summed E-state index contributed by atoms with van der Waals surface area (Å²) < 4.78 is 36.0. The van der Waals surface area contributed by atoms with Crippen LogP contribution >= 0.6 is 0 Å². The molecule has 7 nitrogen and oxygen atoms in total. The van der Waals surface area contributed by atoms with Crippen molar-refractivity contribution in [2.75, 3.05) is 31.9 Å². The van der Waals surface area contributed by atoms with Gasteiger partial charge in [0.2, 0.25) is 15.9 Å². The van der Waals surface area contributed by atoms with Gasteiger partial charge in [0.05, 0.1) is 18.8 Å². The molecule has 3 aromatic carbocycles. The molecule has 1 heterocycles. The van der Waals surface area contributed by atoms with Crippen LogP contribution in [0.25, 0.3) is 11.1 Å². The third kappa shape index (κ3) is 6.08. The van der Waals surface area contributed by atoms with E-state index in [2.05, 4.69) is 10.0 Å². The highest BCUT2D eigenvalue weighted by Crippen LogP contribution is 2.37. The number of ether oxygens (including phenoxy) is 2. The minimum atomic E-state index is -3.24. The Morgan fingerprint density at radius 1 is 0.971 bits per heavy atom. The number of hydrogen-bond donors (Lipinski definition) is 2. The van der Waals surface area contributed by atoms with Crippen LogP contribution in [0.1, 0.15) is 24.0 Å². The number of nitrogens with one attached hydrogen (secondary N) is 2. The lowest BCUT2D eigenvalue weighted by Crippen LogP contribution is -2.44. The number of rotatable bonds is 8. The van der Waals surface area contributed by atoms with Gasteiger partial charge in [-0.15, -0.1) is 0 Å². The number of carbonyl (C=O) groups excluding carboxylic acids is 1. The van der Waals surface area contributed by atoms with Gasteiger partial charge in [-0.25, -0.2) is 13.1 Å². The monoisotopic (exact) mass is 494 g/mol. The standard InChI is InChI=1S/C27H30N2O5S/c1-33-25-12-10-23(11-13-25)27(14-16-34-17-15-27)26(30)29-24-5-3-4-22(18-24)21-8-6-20(7-9-21)19-28-35(2,31)32/h3-13,18,28H,14-17,19H2,1-2H3,(H,29,30). The van der Waals surface area contributed by atoms with Crippen molar-refractivity contribution in [1.82, 2.24) is 4.72 Å². The molecule has 1 amide bonds. The lowest BCUT2D eigenvalue weighted by atomic mass is 9.73. The first-order valence-electron chi connectivity index (χ1n) is 11.5. The first-order chi connectivity index (χ1) is 16.8. The van der Waals surface area contributed by atoms with E-state index >= 15 is 0 Å². The van der Waals surface area contributed by atoms with E-state index in [4.69, 9.17) is 9.47 Å². The van der Waals surface area contributed by atoms with Crippen molar-refractivity contribution in [2.45, 2.75) is 24.8 Å². The van der Waals surface area contributed by atoms with Crippen LogP contribution in [0, 0.1) is 0 Å². The van der Waals surface area contributed by atoms with Crippen LogP contribution in [-0.4, -0.2) is 40.9 Å². The maximum atomic E-state index is 13.6. The van der Waals surface area contributed by atoms with Crippen molar-refractivity contribution in [2.24, 2.45) is 0 Å². The predicted octanol–water partition coefficient (Wildman–Crippen LogP) is 4.10. The molecule has 0 saturated carbocycles. The highest BCUT2D eigenvalue weighted by Gasteiger charge is 2.41. The molecular formula is C27H30N2O5S. The molecule has 0 atom stereocenters. The van der Waals surface area contributed by atoms with Crippen LogP contribution < -0.4 is 14.8 Å². The van der Waals surface area contributed by atoms with Crippen LogP contribution in [0.2, 0.25) is 0 Å². The van der Waals surface area contributed by atoms with Crippen LogP contribution in [0.5, 0.6) is 5.75 Å². The zero-order chi connectivity index (χ0) is 24.9. The first-order valence-corrected chi connectivity index (χ1v) is 13.4. The number of benzene rings is 3. The highest BCUT2D eigenvalue weighted by molar-refractivity contribution is 7.88. The fourth-order valence-electron chi connectivity index (χ4n) is 4.33. The van der Waals surface area contributed by atoms with Gasteiger partial charge in [-0.3, -0.25) is 4.79 Å². The molecule has 35 heavy (non-hydrogen) atoms. The molecule has 1 saturated heterocycles. The fraction of sp³-hybridized carbons (Fsp3) is 0.296. The summed E-state index contributed by atoms with van der Waals surface area (Å²) in [7, 11) is -1.62. The summed E-state index contributed by atoms with van der Waals surface area (Å²) in [6.45, 7) is 1.30. The molecule has 1 fully saturated rings. The number of amides is 1. The summed E-state index contributed by atoms with van der Waals surface area (Å²) in [4.78, 5) is 13.6. The Bertz CT molecular complexity index is 1270. The number of hydrogen-bond acceptors (Lipinski definition) is 5. The Hall–Kier alpha value is -3.20. The third-order valence-electron chi connectivity index (χ3n) is 6.37. The van der Waals surface area contributed by atoms with Crippen LogP contribution in [0.3, 0.4) is 0 Å². The van der Waals surface area contributed by atoms with E-state index < -0.39 is 15.4 Å². The first kappa shape index (κ1) is 24.9. The Morgan fingerprint density at radius 3 is 2.29 bits per heavy atom. The maximum absolute atomic E-state index is 13.6. The van der Waals surface area contributed by atoms with Crippen LogP contribution in [0.15, 0.2) is 72.8 Å². The van der Waals surface area contributed by atoms with Gasteiger partial charge in [0.25, 0.3) is 0 Å². The Kier molecular flexibility index (Phi) is 7.54. The smallest absolute Gasteiger partial charge is 0.235 e. The van der Waals surface area contributed by atoms with Gasteiger partial charge in [0.1, 0.15) is 5.75 Å². The average molecular weight is 495 g/mol. The SMILES string of the molecule is COc1ccc(C2(C(=O)Nc3cccc(-c4ccc(CNS(C)(=O)=O)cc4)c3)CCOCC2)cc1. The number of sulfonamides is 1. The average Bonchev–Trinajstić information content (AvgIpc) is 2.88. The molecule has 2 N–H and O–H groups in total. The molecule has 8 heteroatoms. The summed E-state index contributed by atoms with van der Waals surface area (Å²) in [5.74, 6) is 0.701. The Labute approximate surface area is 206 Å². The van der Waals surface area contributed by atoms with E-state index in [1.165, 1.54) is 0 Å². The lowest BCUT2D eigenvalue weighted by Gasteiger charge is -2.36. The molecule has 0 aromatic heterocycles. The van der Waals surface area contributed by atoms with E-state index in [1.54, 1.807) is 7.11 Å². The number of anilines is 1. The van der Waals surface area contributed by atoms with Crippen LogP contribution in [0.4, 0.5) is 5.69 Å². The molecule has 0 spiro atoms. The molecule has 0 radical (unpaired) electrons. The maximum Gasteiger partial charge on any atom is 0.235 e. The summed E-state index contributed by atoms with van der Waals surface area (Å²) in [5.41, 5.74) is 3.79. The van der Waals surface area contributed by atoms with Crippen molar-refractivity contribution in [3.63, 3.8) is 0 Å². The van der Waals surface area contributed by atoms with Gasteiger partial charge in [-0.05, 0) is 59.4 Å². The van der Waals surface area contributed by atoms with Crippen molar-refractivity contribution in [3.05, 3.63) is 83.9 Å². The minimum Gasteiger partial charge on any atom is -0.497 e. The van der Waals surface area contributed by atoms with Gasteiger partial charge >= 0.3 is 0 Å². The summed E-state index contributed by atoms with van der Waals surface area (Å²) in [6.07, 6.45) is 2.35. The predicted molar refractivity (Wildman–Crippen MR) is 137 cm³/mol. The molecule has 1 aliphatic rings. The lowest BCUT2D eigenvalue weighted by molar-refractivity contribution is -0.125. The highest BCUT2D eigenvalue weighted by atomic mass is 32.2. The molecule has 184 valence electrons. The second-order valence-electron chi connectivity index (χ2n) is 8.75. The van der Waals surface area contributed by atoms with Gasteiger partial charge in [0.15, 0.2) is 0 Å².